The highest BCUT2D eigenvalue weighted by Crippen LogP contribution is 2.30. The van der Waals surface area contributed by atoms with Crippen molar-refractivity contribution >= 4 is 23.4 Å². The largest absolute Gasteiger partial charge is 0.497 e. The number of nitrogens with zero attached hydrogens (tertiary/aromatic N) is 2. The van der Waals surface area contributed by atoms with Crippen molar-refractivity contribution in [2.24, 2.45) is 5.92 Å². The summed E-state index contributed by atoms with van der Waals surface area (Å²) in [6.07, 6.45) is 1.89. The summed E-state index contributed by atoms with van der Waals surface area (Å²) < 4.78 is 10.5. The van der Waals surface area contributed by atoms with Crippen LogP contribution >= 0.6 is 0 Å². The zero-order valence-corrected chi connectivity index (χ0v) is 18.3. The van der Waals surface area contributed by atoms with E-state index in [0.29, 0.717) is 54.5 Å². The Bertz CT molecular complexity index is 1010. The molecule has 3 amide bonds. The van der Waals surface area contributed by atoms with E-state index < -0.39 is 0 Å². The number of hydrogen-bond acceptors (Lipinski definition) is 5. The summed E-state index contributed by atoms with van der Waals surface area (Å²) in [7, 11) is 3.08. The number of carbonyl (C=O) groups excluding carboxylic acids is 3. The molecule has 2 aromatic carbocycles. The van der Waals surface area contributed by atoms with Gasteiger partial charge < -0.3 is 24.6 Å². The first-order valence-electron chi connectivity index (χ1n) is 10.7. The average molecular weight is 437 g/mol. The molecule has 1 aliphatic heterocycles. The number of nitrogens with one attached hydrogen (secondary N) is 1. The van der Waals surface area contributed by atoms with Crippen molar-refractivity contribution in [3.05, 3.63) is 53.6 Å². The second-order valence-corrected chi connectivity index (χ2v) is 7.99. The lowest BCUT2D eigenvalue weighted by molar-refractivity contribution is -0.117. The van der Waals surface area contributed by atoms with Crippen LogP contribution < -0.4 is 14.8 Å². The van der Waals surface area contributed by atoms with Gasteiger partial charge in [-0.15, -0.1) is 0 Å². The highest BCUT2D eigenvalue weighted by Gasteiger charge is 2.30. The molecule has 32 heavy (non-hydrogen) atoms. The fourth-order valence-corrected chi connectivity index (χ4v) is 3.73. The summed E-state index contributed by atoms with van der Waals surface area (Å²) in [5.41, 5.74) is 1.73. The van der Waals surface area contributed by atoms with Gasteiger partial charge in [-0.25, -0.2) is 0 Å². The first kappa shape index (κ1) is 21.7. The number of rotatable bonds is 6. The summed E-state index contributed by atoms with van der Waals surface area (Å²) in [4.78, 5) is 41.2. The standard InChI is InChI=1S/C24H27N3O5/c1-31-19-9-10-20(21(15-19)32-2)24(30)27-13-11-26(12-14-27)23(29)17-5-7-18(8-6-17)25-22(28)16-3-4-16/h5-10,15-16H,3-4,11-14H2,1-2H3,(H,25,28). The lowest BCUT2D eigenvalue weighted by Gasteiger charge is -2.35. The van der Waals surface area contributed by atoms with Crippen LogP contribution in [0.25, 0.3) is 0 Å². The summed E-state index contributed by atoms with van der Waals surface area (Å²) in [5.74, 6) is 1.03. The van der Waals surface area contributed by atoms with Crippen molar-refractivity contribution in [1.82, 2.24) is 9.80 Å². The number of piperazine rings is 1. The van der Waals surface area contributed by atoms with E-state index in [9.17, 15) is 14.4 Å². The molecule has 8 heteroatoms. The number of anilines is 1. The molecule has 1 N–H and O–H groups in total. The summed E-state index contributed by atoms with van der Waals surface area (Å²) in [6, 6.07) is 12.1. The number of ether oxygens (including phenoxy) is 2. The Hall–Kier alpha value is -3.55. The fraction of sp³-hybridized carbons (Fsp3) is 0.375. The van der Waals surface area contributed by atoms with Gasteiger partial charge in [-0.2, -0.15) is 0 Å². The maximum Gasteiger partial charge on any atom is 0.257 e. The van der Waals surface area contributed by atoms with Crippen molar-refractivity contribution in [3.8, 4) is 11.5 Å². The molecule has 2 fully saturated rings. The second-order valence-electron chi connectivity index (χ2n) is 7.99. The Labute approximate surface area is 187 Å². The molecule has 0 aromatic heterocycles. The Morgan fingerprint density at radius 2 is 1.47 bits per heavy atom. The van der Waals surface area contributed by atoms with Gasteiger partial charge in [0.05, 0.1) is 19.8 Å². The first-order chi connectivity index (χ1) is 15.5. The number of amides is 3. The molecule has 0 bridgehead atoms. The van der Waals surface area contributed by atoms with Crippen LogP contribution in [0.2, 0.25) is 0 Å². The fourth-order valence-electron chi connectivity index (χ4n) is 3.73. The lowest BCUT2D eigenvalue weighted by Crippen LogP contribution is -2.50. The van der Waals surface area contributed by atoms with Crippen molar-refractivity contribution in [2.45, 2.75) is 12.8 Å². The molecular weight excluding hydrogens is 410 g/mol. The highest BCUT2D eigenvalue weighted by atomic mass is 16.5. The quantitative estimate of drug-likeness (QED) is 0.751. The molecule has 0 atom stereocenters. The van der Waals surface area contributed by atoms with Crippen LogP contribution in [0.5, 0.6) is 11.5 Å². The van der Waals surface area contributed by atoms with Gasteiger partial charge in [0.25, 0.3) is 11.8 Å². The van der Waals surface area contributed by atoms with Gasteiger partial charge in [0, 0.05) is 49.4 Å². The molecule has 0 spiro atoms. The van der Waals surface area contributed by atoms with E-state index in [0.717, 1.165) is 12.8 Å². The van der Waals surface area contributed by atoms with E-state index in [1.807, 2.05) is 0 Å². The molecule has 4 rings (SSSR count). The summed E-state index contributed by atoms with van der Waals surface area (Å²) >= 11 is 0. The Morgan fingerprint density at radius 1 is 0.844 bits per heavy atom. The van der Waals surface area contributed by atoms with E-state index in [4.69, 9.17) is 9.47 Å². The third kappa shape index (κ3) is 4.69. The minimum atomic E-state index is -0.132. The van der Waals surface area contributed by atoms with Gasteiger partial charge in [-0.05, 0) is 49.2 Å². The van der Waals surface area contributed by atoms with Crippen LogP contribution in [0.3, 0.4) is 0 Å². The van der Waals surface area contributed by atoms with Crippen LogP contribution in [0.1, 0.15) is 33.6 Å². The zero-order chi connectivity index (χ0) is 22.7. The molecule has 168 valence electrons. The highest BCUT2D eigenvalue weighted by molar-refractivity contribution is 5.98. The van der Waals surface area contributed by atoms with Gasteiger partial charge >= 0.3 is 0 Å². The van der Waals surface area contributed by atoms with Crippen molar-refractivity contribution < 1.29 is 23.9 Å². The number of benzene rings is 2. The number of hydrogen-bond donors (Lipinski definition) is 1. The van der Waals surface area contributed by atoms with Crippen LogP contribution in [-0.4, -0.2) is 67.9 Å². The van der Waals surface area contributed by atoms with Gasteiger partial charge in [0.15, 0.2) is 0 Å². The maximum absolute atomic E-state index is 13.0. The van der Waals surface area contributed by atoms with Gasteiger partial charge in [-0.3, -0.25) is 14.4 Å². The van der Waals surface area contributed by atoms with E-state index in [1.165, 1.54) is 7.11 Å². The van der Waals surface area contributed by atoms with Crippen LogP contribution in [0.4, 0.5) is 5.69 Å². The van der Waals surface area contributed by atoms with Crippen LogP contribution in [-0.2, 0) is 4.79 Å². The minimum absolute atomic E-state index is 0.0401. The number of carbonyl (C=O) groups is 3. The van der Waals surface area contributed by atoms with Crippen LogP contribution in [0, 0.1) is 5.92 Å². The molecule has 2 aliphatic rings. The lowest BCUT2D eigenvalue weighted by atomic mass is 10.1. The topological polar surface area (TPSA) is 88.2 Å². The minimum Gasteiger partial charge on any atom is -0.497 e. The summed E-state index contributed by atoms with van der Waals surface area (Å²) in [6.45, 7) is 1.77. The van der Waals surface area contributed by atoms with Gasteiger partial charge in [0.1, 0.15) is 11.5 Å². The molecule has 2 aromatic rings. The van der Waals surface area contributed by atoms with E-state index in [1.54, 1.807) is 59.4 Å². The monoisotopic (exact) mass is 437 g/mol. The molecule has 1 saturated heterocycles. The number of methoxy groups -OCH3 is 2. The molecule has 0 unspecified atom stereocenters. The molecular formula is C24H27N3O5. The van der Waals surface area contributed by atoms with Gasteiger partial charge in [-0.1, -0.05) is 0 Å². The van der Waals surface area contributed by atoms with Gasteiger partial charge in [0.2, 0.25) is 5.91 Å². The normalized spacial score (nSPS) is 15.8. The molecule has 1 heterocycles. The first-order valence-corrected chi connectivity index (χ1v) is 10.7. The maximum atomic E-state index is 13.0. The SMILES string of the molecule is COc1ccc(C(=O)N2CCN(C(=O)c3ccc(NC(=O)C4CC4)cc3)CC2)c(OC)c1. The smallest absolute Gasteiger partial charge is 0.257 e. The Morgan fingerprint density at radius 3 is 2.03 bits per heavy atom. The molecule has 1 aliphatic carbocycles. The average Bonchev–Trinajstić information content (AvgIpc) is 3.69. The van der Waals surface area contributed by atoms with E-state index in [2.05, 4.69) is 5.32 Å². The van der Waals surface area contributed by atoms with Crippen molar-refractivity contribution in [3.63, 3.8) is 0 Å². The third-order valence-corrected chi connectivity index (χ3v) is 5.84. The predicted octanol–water partition coefficient (Wildman–Crippen LogP) is 2.65. The molecule has 0 radical (unpaired) electrons. The Kier molecular flexibility index (Phi) is 6.30. The van der Waals surface area contributed by atoms with E-state index in [-0.39, 0.29) is 23.6 Å². The van der Waals surface area contributed by atoms with E-state index >= 15 is 0 Å². The molecule has 8 nitrogen and oxygen atoms in total. The third-order valence-electron chi connectivity index (χ3n) is 5.84. The molecule has 1 saturated carbocycles. The van der Waals surface area contributed by atoms with Crippen LogP contribution in [0.15, 0.2) is 42.5 Å². The van der Waals surface area contributed by atoms with Crippen molar-refractivity contribution in [2.75, 3.05) is 45.7 Å². The van der Waals surface area contributed by atoms with Crippen molar-refractivity contribution in [1.29, 1.82) is 0 Å². The Balaban J connectivity index is 1.34. The summed E-state index contributed by atoms with van der Waals surface area (Å²) in [5, 5.41) is 2.87. The zero-order valence-electron chi connectivity index (χ0n) is 18.3. The second kappa shape index (κ2) is 9.30. The predicted molar refractivity (Wildman–Crippen MR) is 119 cm³/mol.